The molecule has 30 heavy (non-hydrogen) atoms. The first-order valence-corrected chi connectivity index (χ1v) is 11.4. The molecule has 0 spiro atoms. The van der Waals surface area contributed by atoms with Gasteiger partial charge in [-0.25, -0.2) is 13.4 Å². The van der Waals surface area contributed by atoms with Gasteiger partial charge in [0, 0.05) is 0 Å². The maximum Gasteiger partial charge on any atom is 0.326 e. The van der Waals surface area contributed by atoms with E-state index in [0.717, 1.165) is 41.4 Å². The van der Waals surface area contributed by atoms with Crippen molar-refractivity contribution in [2.45, 2.75) is 25.9 Å². The van der Waals surface area contributed by atoms with Crippen LogP contribution in [0, 0.1) is 11.7 Å². The predicted molar refractivity (Wildman–Crippen MR) is 111 cm³/mol. The Balaban J connectivity index is 1.63. The summed E-state index contributed by atoms with van der Waals surface area (Å²) >= 11 is 0. The first kappa shape index (κ1) is 20.6. The molecule has 0 saturated carbocycles. The van der Waals surface area contributed by atoms with Crippen molar-refractivity contribution >= 4 is 21.8 Å². The van der Waals surface area contributed by atoms with Crippen molar-refractivity contribution in [3.8, 4) is 5.75 Å². The number of hydrogen-bond donors (Lipinski definition) is 2. The lowest BCUT2D eigenvalue weighted by atomic mass is 9.98. The Morgan fingerprint density at radius 3 is 2.63 bits per heavy atom. The SMILES string of the molecule is O=C1CN(c2c(F)cc(CCC3CCNC3)cc2OCc2ccccc2)S(=O)(=O)N1. The van der Waals surface area contributed by atoms with Gasteiger partial charge in [-0.05, 0) is 61.5 Å². The van der Waals surface area contributed by atoms with E-state index in [1.807, 2.05) is 35.1 Å². The summed E-state index contributed by atoms with van der Waals surface area (Å²) in [5, 5.41) is 3.32. The first-order valence-electron chi connectivity index (χ1n) is 9.95. The van der Waals surface area contributed by atoms with Crippen molar-refractivity contribution in [2.24, 2.45) is 5.92 Å². The number of hydrogen-bond acceptors (Lipinski definition) is 5. The average molecular weight is 434 g/mol. The highest BCUT2D eigenvalue weighted by Crippen LogP contribution is 2.36. The Morgan fingerprint density at radius 2 is 1.97 bits per heavy atom. The molecule has 0 aromatic heterocycles. The molecule has 2 N–H and O–H groups in total. The molecule has 4 rings (SSSR count). The van der Waals surface area contributed by atoms with Crippen LogP contribution in [0.2, 0.25) is 0 Å². The fraction of sp³-hybridized carbons (Fsp3) is 0.381. The molecule has 2 aromatic carbocycles. The van der Waals surface area contributed by atoms with Gasteiger partial charge in [0.05, 0.1) is 0 Å². The summed E-state index contributed by atoms with van der Waals surface area (Å²) in [6.07, 6.45) is 2.67. The fourth-order valence-corrected chi connectivity index (χ4v) is 5.00. The lowest BCUT2D eigenvalue weighted by Gasteiger charge is -2.21. The summed E-state index contributed by atoms with van der Waals surface area (Å²) in [6, 6.07) is 12.4. The van der Waals surface area contributed by atoms with Crippen LogP contribution >= 0.6 is 0 Å². The van der Waals surface area contributed by atoms with Gasteiger partial charge in [0.2, 0.25) is 0 Å². The number of amides is 1. The highest BCUT2D eigenvalue weighted by atomic mass is 32.2. The van der Waals surface area contributed by atoms with Gasteiger partial charge in [0.1, 0.15) is 24.6 Å². The number of nitrogens with one attached hydrogen (secondary N) is 2. The number of ether oxygens (including phenoxy) is 1. The second-order valence-electron chi connectivity index (χ2n) is 7.63. The Labute approximate surface area is 175 Å². The molecule has 1 unspecified atom stereocenters. The molecule has 2 aliphatic rings. The van der Waals surface area contributed by atoms with Crippen molar-refractivity contribution in [1.82, 2.24) is 10.0 Å². The van der Waals surface area contributed by atoms with Crippen LogP contribution in [0.15, 0.2) is 42.5 Å². The van der Waals surface area contributed by atoms with Gasteiger partial charge in [-0.3, -0.25) is 4.79 Å². The van der Waals surface area contributed by atoms with Crippen LogP contribution in [0.3, 0.4) is 0 Å². The first-order chi connectivity index (χ1) is 14.4. The van der Waals surface area contributed by atoms with Gasteiger partial charge in [0.15, 0.2) is 5.82 Å². The molecule has 2 saturated heterocycles. The van der Waals surface area contributed by atoms with Gasteiger partial charge in [-0.2, -0.15) is 8.42 Å². The summed E-state index contributed by atoms with van der Waals surface area (Å²) in [4.78, 5) is 11.7. The third kappa shape index (κ3) is 4.57. The third-order valence-corrected chi connectivity index (χ3v) is 6.78. The molecule has 1 amide bonds. The molecule has 160 valence electrons. The minimum atomic E-state index is -4.15. The lowest BCUT2D eigenvalue weighted by molar-refractivity contribution is -0.117. The van der Waals surface area contributed by atoms with E-state index in [1.54, 1.807) is 6.07 Å². The highest BCUT2D eigenvalue weighted by Gasteiger charge is 2.37. The van der Waals surface area contributed by atoms with E-state index in [4.69, 9.17) is 4.74 Å². The van der Waals surface area contributed by atoms with Crippen LogP contribution in [0.5, 0.6) is 5.75 Å². The number of carbonyl (C=O) groups is 1. The standard InChI is InChI=1S/C21H24FN3O4S/c22-18-10-17(7-6-15-8-9-23-12-15)11-19(29-14-16-4-2-1-3-5-16)21(18)25-13-20(26)24-30(25,27)28/h1-5,10-11,15,23H,6-9,12-14H2,(H,24,26). The van der Waals surface area contributed by atoms with Crippen LogP contribution in [-0.2, 0) is 28.0 Å². The molecular weight excluding hydrogens is 409 g/mol. The highest BCUT2D eigenvalue weighted by molar-refractivity contribution is 7.92. The van der Waals surface area contributed by atoms with E-state index >= 15 is 4.39 Å². The molecule has 2 aromatic rings. The Hall–Kier alpha value is -2.65. The number of aryl methyl sites for hydroxylation is 1. The number of carbonyl (C=O) groups excluding carboxylic acids is 1. The number of halogens is 1. The molecule has 9 heteroatoms. The summed E-state index contributed by atoms with van der Waals surface area (Å²) in [5.74, 6) is -0.776. The van der Waals surface area contributed by atoms with E-state index in [0.29, 0.717) is 12.3 Å². The largest absolute Gasteiger partial charge is 0.487 e. The molecular formula is C21H24FN3O4S. The van der Waals surface area contributed by atoms with Crippen molar-refractivity contribution < 1.29 is 22.3 Å². The van der Waals surface area contributed by atoms with Crippen LogP contribution in [-0.4, -0.2) is 34.0 Å². The average Bonchev–Trinajstić information content (AvgIpc) is 3.32. The lowest BCUT2D eigenvalue weighted by Crippen LogP contribution is -2.30. The molecule has 0 aliphatic carbocycles. The van der Waals surface area contributed by atoms with Crippen LogP contribution in [0.4, 0.5) is 10.1 Å². The topological polar surface area (TPSA) is 87.7 Å². The number of nitrogens with zero attached hydrogens (tertiary/aromatic N) is 1. The number of benzene rings is 2. The van der Waals surface area contributed by atoms with E-state index in [-0.39, 0.29) is 18.0 Å². The minimum Gasteiger partial charge on any atom is -0.487 e. The van der Waals surface area contributed by atoms with Gasteiger partial charge in [-0.1, -0.05) is 30.3 Å². The zero-order valence-electron chi connectivity index (χ0n) is 16.4. The van der Waals surface area contributed by atoms with Crippen molar-refractivity contribution in [3.63, 3.8) is 0 Å². The second kappa shape index (κ2) is 8.61. The van der Waals surface area contributed by atoms with Gasteiger partial charge >= 0.3 is 10.2 Å². The molecule has 2 aliphatic heterocycles. The molecule has 7 nitrogen and oxygen atoms in total. The zero-order chi connectivity index (χ0) is 21.1. The maximum atomic E-state index is 15.1. The Bertz CT molecular complexity index is 1020. The van der Waals surface area contributed by atoms with E-state index < -0.39 is 28.5 Å². The van der Waals surface area contributed by atoms with Crippen LogP contribution in [0.25, 0.3) is 0 Å². The summed E-state index contributed by atoms with van der Waals surface area (Å²) in [5.41, 5.74) is 1.36. The summed E-state index contributed by atoms with van der Waals surface area (Å²) < 4.78 is 48.2. The smallest absolute Gasteiger partial charge is 0.326 e. The molecule has 0 radical (unpaired) electrons. The van der Waals surface area contributed by atoms with Crippen LogP contribution in [0.1, 0.15) is 24.0 Å². The summed E-state index contributed by atoms with van der Waals surface area (Å²) in [6.45, 7) is 1.63. The summed E-state index contributed by atoms with van der Waals surface area (Å²) in [7, 11) is -4.15. The van der Waals surface area contributed by atoms with Crippen LogP contribution < -0.4 is 19.1 Å². The van der Waals surface area contributed by atoms with Gasteiger partial charge < -0.3 is 10.1 Å². The van der Waals surface area contributed by atoms with Crippen molar-refractivity contribution in [3.05, 3.63) is 59.4 Å². The van der Waals surface area contributed by atoms with Gasteiger partial charge in [0.25, 0.3) is 5.91 Å². The van der Waals surface area contributed by atoms with E-state index in [9.17, 15) is 13.2 Å². The Kier molecular flexibility index (Phi) is 5.92. The van der Waals surface area contributed by atoms with E-state index in [1.165, 1.54) is 6.07 Å². The fourth-order valence-electron chi connectivity index (χ4n) is 3.84. The second-order valence-corrected chi connectivity index (χ2v) is 9.23. The molecule has 0 bridgehead atoms. The monoisotopic (exact) mass is 433 g/mol. The van der Waals surface area contributed by atoms with Gasteiger partial charge in [-0.15, -0.1) is 0 Å². The molecule has 2 heterocycles. The normalized spacial score (nSPS) is 20.4. The Morgan fingerprint density at radius 1 is 1.17 bits per heavy atom. The quantitative estimate of drug-likeness (QED) is 0.699. The third-order valence-electron chi connectivity index (χ3n) is 5.40. The zero-order valence-corrected chi connectivity index (χ0v) is 17.3. The molecule has 2 fully saturated rings. The molecule has 1 atom stereocenters. The van der Waals surface area contributed by atoms with Crippen molar-refractivity contribution in [2.75, 3.05) is 23.9 Å². The minimum absolute atomic E-state index is 0.110. The van der Waals surface area contributed by atoms with Crippen molar-refractivity contribution in [1.29, 1.82) is 0 Å². The number of rotatable bonds is 7. The number of anilines is 1. The maximum absolute atomic E-state index is 15.1. The predicted octanol–water partition coefficient (Wildman–Crippen LogP) is 2.13. The van der Waals surface area contributed by atoms with E-state index in [2.05, 4.69) is 5.32 Å².